The van der Waals surface area contributed by atoms with Gasteiger partial charge < -0.3 is 5.73 Å². The average molecular weight is 347 g/mol. The molecule has 0 unspecified atom stereocenters. The molecule has 120 valence electrons. The van der Waals surface area contributed by atoms with Crippen LogP contribution in [0, 0.1) is 6.92 Å². The van der Waals surface area contributed by atoms with Crippen molar-refractivity contribution in [3.05, 3.63) is 38.6 Å². The summed E-state index contributed by atoms with van der Waals surface area (Å²) in [5.74, 6) is 0.194. The summed E-state index contributed by atoms with van der Waals surface area (Å²) in [5, 5.41) is 2.66. The molecule has 0 fully saturated rings. The first-order chi connectivity index (χ1) is 11.0. The van der Waals surface area contributed by atoms with E-state index in [1.54, 1.807) is 34.2 Å². The van der Waals surface area contributed by atoms with Crippen LogP contribution in [0.15, 0.2) is 22.3 Å². The summed E-state index contributed by atoms with van der Waals surface area (Å²) in [4.78, 5) is 31.6. The molecule has 3 rings (SSSR count). The fourth-order valence-electron chi connectivity index (χ4n) is 2.65. The molecule has 3 aromatic heterocycles. The molecule has 3 aromatic rings. The van der Waals surface area contributed by atoms with Crippen molar-refractivity contribution in [2.24, 2.45) is 5.73 Å². The molecular formula is C16H17N3O2S2. The number of carbonyl (C=O) groups is 1. The predicted octanol–water partition coefficient (Wildman–Crippen LogP) is 2.93. The van der Waals surface area contributed by atoms with E-state index in [9.17, 15) is 9.59 Å². The van der Waals surface area contributed by atoms with Gasteiger partial charge >= 0.3 is 0 Å². The lowest BCUT2D eigenvalue weighted by Crippen LogP contribution is -2.26. The number of primary amides is 1. The van der Waals surface area contributed by atoms with Gasteiger partial charge in [0, 0.05) is 28.3 Å². The standard InChI is InChI=1S/C16H17N3O2S2/c1-3-10-13(11-5-4-8-22-11)14-15(23-10)18-9(2)19(16(14)21)7-6-12(17)20/h4-5,8H,3,6-7H2,1-2H3,(H2,17,20). The Hall–Kier alpha value is -1.99. The molecule has 3 heterocycles. The Morgan fingerprint density at radius 1 is 1.43 bits per heavy atom. The van der Waals surface area contributed by atoms with Gasteiger partial charge in [-0.3, -0.25) is 14.2 Å². The minimum absolute atomic E-state index is 0.0897. The highest BCUT2D eigenvalue weighted by Crippen LogP contribution is 2.38. The van der Waals surface area contributed by atoms with E-state index in [4.69, 9.17) is 5.73 Å². The molecule has 0 saturated heterocycles. The van der Waals surface area contributed by atoms with Gasteiger partial charge in [-0.2, -0.15) is 0 Å². The number of nitrogens with two attached hydrogens (primary N) is 1. The van der Waals surface area contributed by atoms with Crippen molar-refractivity contribution in [1.82, 2.24) is 9.55 Å². The van der Waals surface area contributed by atoms with Crippen molar-refractivity contribution in [2.45, 2.75) is 33.2 Å². The molecule has 5 nitrogen and oxygen atoms in total. The molecule has 0 spiro atoms. The fraction of sp³-hybridized carbons (Fsp3) is 0.312. The molecule has 0 atom stereocenters. The Morgan fingerprint density at radius 3 is 2.83 bits per heavy atom. The molecule has 0 aliphatic heterocycles. The summed E-state index contributed by atoms with van der Waals surface area (Å²) < 4.78 is 1.55. The quantitative estimate of drug-likeness (QED) is 0.771. The SMILES string of the molecule is CCc1sc2nc(C)n(CCC(N)=O)c(=O)c2c1-c1cccs1. The fourth-order valence-corrected chi connectivity index (χ4v) is 4.68. The van der Waals surface area contributed by atoms with E-state index < -0.39 is 5.91 Å². The number of aromatic nitrogens is 2. The minimum atomic E-state index is -0.422. The molecule has 0 saturated carbocycles. The number of nitrogens with zero attached hydrogens (tertiary/aromatic N) is 2. The lowest BCUT2D eigenvalue weighted by Gasteiger charge is -2.08. The van der Waals surface area contributed by atoms with E-state index in [2.05, 4.69) is 11.9 Å². The third-order valence-electron chi connectivity index (χ3n) is 3.75. The average Bonchev–Trinajstić information content (AvgIpc) is 3.12. The Morgan fingerprint density at radius 2 is 2.22 bits per heavy atom. The Bertz CT molecular complexity index is 923. The maximum atomic E-state index is 13.0. The van der Waals surface area contributed by atoms with Gasteiger partial charge in [0.1, 0.15) is 10.7 Å². The second-order valence-corrected chi connectivity index (χ2v) is 7.27. The van der Waals surface area contributed by atoms with Crippen molar-refractivity contribution >= 4 is 38.8 Å². The summed E-state index contributed by atoms with van der Waals surface area (Å²) in [6.45, 7) is 4.14. The van der Waals surface area contributed by atoms with Crippen LogP contribution in [0.5, 0.6) is 0 Å². The van der Waals surface area contributed by atoms with Crippen molar-refractivity contribution in [1.29, 1.82) is 0 Å². The Kier molecular flexibility index (Phi) is 4.32. The summed E-state index contributed by atoms with van der Waals surface area (Å²) >= 11 is 3.19. The number of rotatable bonds is 5. The molecular weight excluding hydrogens is 330 g/mol. The van der Waals surface area contributed by atoms with Crippen LogP contribution in [0.1, 0.15) is 24.0 Å². The molecule has 7 heteroatoms. The lowest BCUT2D eigenvalue weighted by atomic mass is 10.1. The van der Waals surface area contributed by atoms with Crippen molar-refractivity contribution < 1.29 is 4.79 Å². The number of amides is 1. The van der Waals surface area contributed by atoms with Gasteiger partial charge in [0.25, 0.3) is 5.56 Å². The third kappa shape index (κ3) is 2.82. The van der Waals surface area contributed by atoms with Crippen LogP contribution in [-0.2, 0) is 17.8 Å². The molecule has 23 heavy (non-hydrogen) atoms. The highest BCUT2D eigenvalue weighted by Gasteiger charge is 2.20. The van der Waals surface area contributed by atoms with Crippen LogP contribution in [0.3, 0.4) is 0 Å². The van der Waals surface area contributed by atoms with Crippen LogP contribution in [0.4, 0.5) is 0 Å². The van der Waals surface area contributed by atoms with Crippen molar-refractivity contribution in [3.8, 4) is 10.4 Å². The van der Waals surface area contributed by atoms with Gasteiger partial charge in [-0.1, -0.05) is 13.0 Å². The largest absolute Gasteiger partial charge is 0.370 e. The van der Waals surface area contributed by atoms with Crippen LogP contribution < -0.4 is 11.3 Å². The molecule has 0 bridgehead atoms. The number of fused-ring (bicyclic) bond motifs is 1. The number of thiophene rings is 2. The second-order valence-electron chi connectivity index (χ2n) is 5.24. The number of aryl methyl sites for hydroxylation is 2. The number of carbonyl (C=O) groups excluding carboxylic acids is 1. The molecule has 0 aliphatic rings. The van der Waals surface area contributed by atoms with Gasteiger partial charge in [0.2, 0.25) is 5.91 Å². The van der Waals surface area contributed by atoms with E-state index in [-0.39, 0.29) is 18.5 Å². The summed E-state index contributed by atoms with van der Waals surface area (Å²) in [7, 11) is 0. The number of hydrogen-bond donors (Lipinski definition) is 1. The highest BCUT2D eigenvalue weighted by atomic mass is 32.1. The molecule has 2 N–H and O–H groups in total. The van der Waals surface area contributed by atoms with Crippen molar-refractivity contribution in [2.75, 3.05) is 0 Å². The maximum absolute atomic E-state index is 13.0. The van der Waals surface area contributed by atoms with Gasteiger partial charge in [0.15, 0.2) is 0 Å². The molecule has 0 aliphatic carbocycles. The van der Waals surface area contributed by atoms with E-state index in [0.717, 1.165) is 21.7 Å². The zero-order valence-corrected chi connectivity index (χ0v) is 14.6. The zero-order chi connectivity index (χ0) is 16.6. The van der Waals surface area contributed by atoms with E-state index in [0.29, 0.717) is 11.2 Å². The van der Waals surface area contributed by atoms with Crippen LogP contribution in [-0.4, -0.2) is 15.5 Å². The zero-order valence-electron chi connectivity index (χ0n) is 13.0. The summed E-state index contributed by atoms with van der Waals surface area (Å²) in [6.07, 6.45) is 0.987. The molecule has 1 amide bonds. The minimum Gasteiger partial charge on any atom is -0.370 e. The maximum Gasteiger partial charge on any atom is 0.262 e. The topological polar surface area (TPSA) is 78.0 Å². The highest BCUT2D eigenvalue weighted by molar-refractivity contribution is 7.20. The van der Waals surface area contributed by atoms with Crippen LogP contribution in [0.25, 0.3) is 20.7 Å². The van der Waals surface area contributed by atoms with Crippen LogP contribution >= 0.6 is 22.7 Å². The normalized spacial score (nSPS) is 11.2. The Labute approximate surface area is 141 Å². The van der Waals surface area contributed by atoms with E-state index in [1.165, 1.54) is 4.88 Å². The van der Waals surface area contributed by atoms with Gasteiger partial charge in [-0.05, 0) is 24.8 Å². The monoisotopic (exact) mass is 347 g/mol. The van der Waals surface area contributed by atoms with Gasteiger partial charge in [0.05, 0.1) is 5.39 Å². The predicted molar refractivity (Wildman–Crippen MR) is 95.1 cm³/mol. The smallest absolute Gasteiger partial charge is 0.262 e. The van der Waals surface area contributed by atoms with Crippen LogP contribution in [0.2, 0.25) is 0 Å². The Balaban J connectivity index is 2.28. The summed E-state index contributed by atoms with van der Waals surface area (Å²) in [6, 6.07) is 4.01. The first-order valence-electron chi connectivity index (χ1n) is 7.38. The first-order valence-corrected chi connectivity index (χ1v) is 9.07. The molecule has 0 radical (unpaired) electrons. The van der Waals surface area contributed by atoms with E-state index >= 15 is 0 Å². The van der Waals surface area contributed by atoms with Gasteiger partial charge in [-0.25, -0.2) is 4.98 Å². The van der Waals surface area contributed by atoms with Crippen molar-refractivity contribution in [3.63, 3.8) is 0 Å². The second kappa shape index (κ2) is 6.25. The van der Waals surface area contributed by atoms with E-state index in [1.807, 2.05) is 17.5 Å². The number of hydrogen-bond acceptors (Lipinski definition) is 5. The summed E-state index contributed by atoms with van der Waals surface area (Å²) in [5.41, 5.74) is 6.12. The van der Waals surface area contributed by atoms with Gasteiger partial charge in [-0.15, -0.1) is 22.7 Å². The third-order valence-corrected chi connectivity index (χ3v) is 5.86. The first kappa shape index (κ1) is 15.9. The molecule has 0 aromatic carbocycles. The lowest BCUT2D eigenvalue weighted by molar-refractivity contribution is -0.118.